The van der Waals surface area contributed by atoms with Gasteiger partial charge in [-0.05, 0) is 58.4 Å². The molecule has 0 aliphatic heterocycles. The largest absolute Gasteiger partial charge is 0.314 e. The van der Waals surface area contributed by atoms with E-state index in [0.29, 0.717) is 5.54 Å². The van der Waals surface area contributed by atoms with Crippen molar-refractivity contribution in [3.63, 3.8) is 0 Å². The molecule has 0 saturated heterocycles. The maximum atomic E-state index is 3.56. The van der Waals surface area contributed by atoms with E-state index in [4.69, 9.17) is 0 Å². The van der Waals surface area contributed by atoms with Crippen LogP contribution in [0.25, 0.3) is 0 Å². The molecule has 1 nitrogen and oxygen atoms in total. The topological polar surface area (TPSA) is 12.0 Å². The summed E-state index contributed by atoms with van der Waals surface area (Å²) in [6.07, 6.45) is 30.2. The minimum atomic E-state index is 0.542. The molecule has 1 rings (SSSR count). The Morgan fingerprint density at radius 1 is 0.708 bits per heavy atom. The van der Waals surface area contributed by atoms with Crippen LogP contribution in [0, 0.1) is 0 Å². The Hall–Kier alpha value is -0.300. The lowest BCUT2D eigenvalue weighted by Crippen LogP contribution is -2.48. The smallest absolute Gasteiger partial charge is 0.0178 e. The molecule has 0 radical (unpaired) electrons. The van der Waals surface area contributed by atoms with Crippen LogP contribution in [0.3, 0.4) is 0 Å². The summed E-state index contributed by atoms with van der Waals surface area (Å²) in [6.45, 7) is 2.29. The van der Waals surface area contributed by atoms with Gasteiger partial charge in [0.2, 0.25) is 0 Å². The number of rotatable bonds is 17. The van der Waals surface area contributed by atoms with E-state index in [1.165, 1.54) is 116 Å². The van der Waals surface area contributed by atoms with E-state index in [-0.39, 0.29) is 0 Å². The zero-order valence-electron chi connectivity index (χ0n) is 16.9. The number of nitrogens with one attached hydrogen (secondary N) is 1. The summed E-state index contributed by atoms with van der Waals surface area (Å²) in [5, 5.41) is 3.56. The molecule has 0 bridgehead atoms. The van der Waals surface area contributed by atoms with Gasteiger partial charge in [-0.3, -0.25) is 0 Å². The first-order chi connectivity index (χ1) is 11.8. The average Bonchev–Trinajstić information content (AvgIpc) is 2.56. The lowest BCUT2D eigenvalue weighted by atomic mass is 9.73. The highest BCUT2D eigenvalue weighted by atomic mass is 15.0. The van der Waals surface area contributed by atoms with Crippen molar-refractivity contribution in [3.8, 4) is 0 Å². The van der Waals surface area contributed by atoms with Crippen molar-refractivity contribution in [1.29, 1.82) is 0 Å². The number of hydrogen-bond acceptors (Lipinski definition) is 1. The van der Waals surface area contributed by atoms with Crippen LogP contribution < -0.4 is 5.32 Å². The Morgan fingerprint density at radius 3 is 1.67 bits per heavy atom. The molecule has 1 aliphatic carbocycles. The van der Waals surface area contributed by atoms with Crippen LogP contribution in [0.1, 0.15) is 122 Å². The van der Waals surface area contributed by atoms with E-state index in [1.54, 1.807) is 0 Å². The lowest BCUT2D eigenvalue weighted by Gasteiger charge is -2.42. The van der Waals surface area contributed by atoms with E-state index in [9.17, 15) is 0 Å². The fourth-order valence-corrected chi connectivity index (χ4v) is 3.94. The van der Waals surface area contributed by atoms with Crippen molar-refractivity contribution in [2.45, 2.75) is 128 Å². The summed E-state index contributed by atoms with van der Waals surface area (Å²) in [7, 11) is 2.15. The predicted octanol–water partition coefficient (Wildman–Crippen LogP) is 7.56. The molecule has 1 aliphatic rings. The summed E-state index contributed by atoms with van der Waals surface area (Å²) < 4.78 is 0. The Bertz CT molecular complexity index is 285. The van der Waals surface area contributed by atoms with Crippen molar-refractivity contribution in [1.82, 2.24) is 5.32 Å². The van der Waals surface area contributed by atoms with Crippen LogP contribution in [-0.2, 0) is 0 Å². The second kappa shape index (κ2) is 15.0. The molecule has 0 aromatic carbocycles. The van der Waals surface area contributed by atoms with E-state index in [1.807, 2.05) is 0 Å². The molecule has 0 unspecified atom stereocenters. The van der Waals surface area contributed by atoms with Gasteiger partial charge in [0.15, 0.2) is 0 Å². The van der Waals surface area contributed by atoms with Crippen molar-refractivity contribution in [2.75, 3.05) is 7.05 Å². The summed E-state index contributed by atoms with van der Waals surface area (Å²) in [5.41, 5.74) is 0.542. The van der Waals surface area contributed by atoms with Gasteiger partial charge in [-0.2, -0.15) is 0 Å². The zero-order valence-corrected chi connectivity index (χ0v) is 16.9. The molecule has 1 heteroatoms. The quantitative estimate of drug-likeness (QED) is 0.214. The fraction of sp³-hybridized carbons (Fsp3) is 0.913. The van der Waals surface area contributed by atoms with Crippen LogP contribution in [0.15, 0.2) is 12.2 Å². The monoisotopic (exact) mass is 335 g/mol. The van der Waals surface area contributed by atoms with Crippen LogP contribution >= 0.6 is 0 Å². The van der Waals surface area contributed by atoms with Gasteiger partial charge in [0.1, 0.15) is 0 Å². The molecule has 0 atom stereocenters. The van der Waals surface area contributed by atoms with Gasteiger partial charge in [0.05, 0.1) is 0 Å². The summed E-state index contributed by atoms with van der Waals surface area (Å²) in [5.74, 6) is 0. The Kier molecular flexibility index (Phi) is 13.6. The second-order valence-corrected chi connectivity index (χ2v) is 8.07. The molecule has 142 valence electrons. The summed E-state index contributed by atoms with van der Waals surface area (Å²) in [4.78, 5) is 0. The van der Waals surface area contributed by atoms with E-state index in [0.717, 1.165) is 0 Å². The molecular formula is C23H45N. The van der Waals surface area contributed by atoms with Gasteiger partial charge in [0, 0.05) is 5.54 Å². The first kappa shape index (κ1) is 21.7. The normalized spacial score (nSPS) is 16.6. The van der Waals surface area contributed by atoms with Gasteiger partial charge < -0.3 is 5.32 Å². The third-order valence-corrected chi connectivity index (χ3v) is 6.01. The van der Waals surface area contributed by atoms with Crippen molar-refractivity contribution in [3.05, 3.63) is 12.2 Å². The maximum Gasteiger partial charge on any atom is 0.0178 e. The second-order valence-electron chi connectivity index (χ2n) is 8.07. The van der Waals surface area contributed by atoms with E-state index < -0.39 is 0 Å². The Balaban J connectivity index is 1.75. The third kappa shape index (κ3) is 10.5. The third-order valence-electron chi connectivity index (χ3n) is 6.01. The highest BCUT2D eigenvalue weighted by molar-refractivity contribution is 4.94. The van der Waals surface area contributed by atoms with Crippen molar-refractivity contribution >= 4 is 0 Å². The van der Waals surface area contributed by atoms with Crippen molar-refractivity contribution in [2.24, 2.45) is 0 Å². The maximum absolute atomic E-state index is 3.56. The van der Waals surface area contributed by atoms with Crippen LogP contribution in [0.4, 0.5) is 0 Å². The lowest BCUT2D eigenvalue weighted by molar-refractivity contribution is 0.178. The minimum absolute atomic E-state index is 0.542. The molecule has 0 aromatic rings. The van der Waals surface area contributed by atoms with Gasteiger partial charge >= 0.3 is 0 Å². The predicted molar refractivity (Wildman–Crippen MR) is 110 cm³/mol. The summed E-state index contributed by atoms with van der Waals surface area (Å²) in [6, 6.07) is 0. The standard InChI is InChI=1S/C23H45N/c1-3-4-5-6-7-8-9-10-11-12-13-14-15-16-17-18-20-23(24-2)21-19-22-23/h10-11,24H,3-9,12-22H2,1-2H3/b11-10+. The minimum Gasteiger partial charge on any atom is -0.314 e. The Morgan fingerprint density at radius 2 is 1.21 bits per heavy atom. The molecule has 1 fully saturated rings. The van der Waals surface area contributed by atoms with E-state index in [2.05, 4.69) is 31.4 Å². The molecule has 0 spiro atoms. The van der Waals surface area contributed by atoms with Crippen LogP contribution in [0.2, 0.25) is 0 Å². The zero-order chi connectivity index (χ0) is 17.3. The number of unbranched alkanes of at least 4 members (excludes halogenated alkanes) is 12. The van der Waals surface area contributed by atoms with Crippen LogP contribution in [-0.4, -0.2) is 12.6 Å². The van der Waals surface area contributed by atoms with Gasteiger partial charge in [-0.15, -0.1) is 0 Å². The van der Waals surface area contributed by atoms with Gasteiger partial charge in [-0.25, -0.2) is 0 Å². The van der Waals surface area contributed by atoms with Gasteiger partial charge in [-0.1, -0.05) is 83.3 Å². The first-order valence-electron chi connectivity index (χ1n) is 11.2. The molecule has 0 heterocycles. The molecule has 24 heavy (non-hydrogen) atoms. The number of allylic oxidation sites excluding steroid dienone is 2. The highest BCUT2D eigenvalue weighted by Gasteiger charge is 2.33. The molecule has 1 saturated carbocycles. The molecule has 0 amide bonds. The Labute approximate surface area is 153 Å². The molecule has 1 N–H and O–H groups in total. The summed E-state index contributed by atoms with van der Waals surface area (Å²) >= 11 is 0. The van der Waals surface area contributed by atoms with Crippen LogP contribution in [0.5, 0.6) is 0 Å². The fourth-order valence-electron chi connectivity index (χ4n) is 3.94. The number of hydrogen-bond donors (Lipinski definition) is 1. The highest BCUT2D eigenvalue weighted by Crippen LogP contribution is 2.35. The van der Waals surface area contributed by atoms with Crippen molar-refractivity contribution < 1.29 is 0 Å². The average molecular weight is 336 g/mol. The SMILES string of the molecule is CCCCCCCC/C=C/CCCCCCCCC1(NC)CCC1. The van der Waals surface area contributed by atoms with E-state index >= 15 is 0 Å². The van der Waals surface area contributed by atoms with Gasteiger partial charge in [0.25, 0.3) is 0 Å². The molecular weight excluding hydrogens is 290 g/mol. The first-order valence-corrected chi connectivity index (χ1v) is 11.2. The molecule has 0 aromatic heterocycles.